The Morgan fingerprint density at radius 1 is 1.00 bits per heavy atom. The Bertz CT molecular complexity index is 1080. The molecular weight excluding hydrogens is 324 g/mol. The van der Waals surface area contributed by atoms with Gasteiger partial charge >= 0.3 is 0 Å². The number of aryl methyl sites for hydroxylation is 4. The van der Waals surface area contributed by atoms with E-state index in [0.29, 0.717) is 5.82 Å². The van der Waals surface area contributed by atoms with Gasteiger partial charge in [0.25, 0.3) is 0 Å². The normalized spacial score (nSPS) is 11.2. The Morgan fingerprint density at radius 3 is 2.35 bits per heavy atom. The number of imidazole rings is 1. The van der Waals surface area contributed by atoms with Crippen LogP contribution in [0.2, 0.25) is 0 Å². The Kier molecular flexibility index (Phi) is 3.68. The molecule has 0 bridgehead atoms. The van der Waals surface area contributed by atoms with Crippen LogP contribution < -0.4 is 11.1 Å². The summed E-state index contributed by atoms with van der Waals surface area (Å²) in [6, 6.07) is 14.2. The molecule has 2 heterocycles. The van der Waals surface area contributed by atoms with Gasteiger partial charge in [0.2, 0.25) is 5.95 Å². The summed E-state index contributed by atoms with van der Waals surface area (Å²) in [7, 11) is 1.83. The highest BCUT2D eigenvalue weighted by molar-refractivity contribution is 5.82. The third kappa shape index (κ3) is 2.60. The molecule has 0 saturated carbocycles. The summed E-state index contributed by atoms with van der Waals surface area (Å²) in [6.45, 7) is 6.32. The first-order chi connectivity index (χ1) is 12.4. The zero-order chi connectivity index (χ0) is 18.4. The van der Waals surface area contributed by atoms with Crippen LogP contribution in [-0.4, -0.2) is 19.3 Å². The molecule has 4 rings (SSSR count). The molecule has 4 aromatic rings. The second-order valence-corrected chi connectivity index (χ2v) is 6.71. The zero-order valence-corrected chi connectivity index (χ0v) is 15.4. The molecule has 0 saturated heterocycles. The number of fused-ring (bicyclic) bond motifs is 1. The fourth-order valence-electron chi connectivity index (χ4n) is 3.41. The van der Waals surface area contributed by atoms with E-state index in [2.05, 4.69) is 43.3 Å². The summed E-state index contributed by atoms with van der Waals surface area (Å²) in [5.74, 6) is 2.06. The van der Waals surface area contributed by atoms with Crippen molar-refractivity contribution >= 4 is 28.5 Å². The van der Waals surface area contributed by atoms with E-state index in [4.69, 9.17) is 10.7 Å². The molecule has 0 amide bonds. The van der Waals surface area contributed by atoms with Crippen molar-refractivity contribution in [3.63, 3.8) is 0 Å². The van der Waals surface area contributed by atoms with Crippen LogP contribution in [0, 0.1) is 20.8 Å². The van der Waals surface area contributed by atoms with Gasteiger partial charge in [-0.05, 0) is 44.0 Å². The predicted octanol–water partition coefficient (Wildman–Crippen LogP) is 4.01. The minimum atomic E-state index is 0.603. The second-order valence-electron chi connectivity index (χ2n) is 6.71. The molecule has 6 nitrogen and oxygen atoms in total. The maximum Gasteiger partial charge on any atom is 0.214 e. The molecule has 0 radical (unpaired) electrons. The minimum Gasteiger partial charge on any atom is -0.384 e. The Labute approximate surface area is 152 Å². The van der Waals surface area contributed by atoms with Gasteiger partial charge in [-0.1, -0.05) is 29.8 Å². The molecule has 6 heteroatoms. The SMILES string of the molecule is Cc1cc(C)c(Nc2nc3ccccc3n2-c2cc(N)n(C)n2)c(C)c1. The number of anilines is 3. The number of hydrogen-bond acceptors (Lipinski definition) is 4. The number of rotatable bonds is 3. The van der Waals surface area contributed by atoms with Crippen molar-refractivity contribution in [2.75, 3.05) is 11.1 Å². The van der Waals surface area contributed by atoms with Gasteiger partial charge in [-0.3, -0.25) is 9.25 Å². The van der Waals surface area contributed by atoms with Crippen molar-refractivity contribution < 1.29 is 0 Å². The van der Waals surface area contributed by atoms with E-state index in [1.165, 1.54) is 16.7 Å². The van der Waals surface area contributed by atoms with E-state index in [1.807, 2.05) is 41.9 Å². The Balaban J connectivity index is 1.92. The number of benzene rings is 2. The van der Waals surface area contributed by atoms with Crippen LogP contribution in [-0.2, 0) is 7.05 Å². The number of hydrogen-bond donors (Lipinski definition) is 2. The largest absolute Gasteiger partial charge is 0.384 e. The van der Waals surface area contributed by atoms with Gasteiger partial charge < -0.3 is 11.1 Å². The summed E-state index contributed by atoms with van der Waals surface area (Å²) >= 11 is 0. The molecule has 0 aliphatic carbocycles. The van der Waals surface area contributed by atoms with E-state index in [0.717, 1.165) is 28.5 Å². The van der Waals surface area contributed by atoms with Gasteiger partial charge in [-0.2, -0.15) is 5.10 Å². The highest BCUT2D eigenvalue weighted by Crippen LogP contribution is 2.30. The average Bonchev–Trinajstić information content (AvgIpc) is 3.10. The van der Waals surface area contributed by atoms with E-state index in [1.54, 1.807) is 4.68 Å². The molecule has 132 valence electrons. The zero-order valence-electron chi connectivity index (χ0n) is 15.4. The van der Waals surface area contributed by atoms with E-state index in [-0.39, 0.29) is 0 Å². The van der Waals surface area contributed by atoms with E-state index < -0.39 is 0 Å². The maximum atomic E-state index is 6.00. The third-order valence-corrected chi connectivity index (χ3v) is 4.61. The monoisotopic (exact) mass is 346 g/mol. The Morgan fingerprint density at radius 2 is 1.69 bits per heavy atom. The van der Waals surface area contributed by atoms with Crippen molar-refractivity contribution in [1.82, 2.24) is 19.3 Å². The predicted molar refractivity (Wildman–Crippen MR) is 106 cm³/mol. The molecule has 0 aliphatic rings. The molecule has 2 aromatic heterocycles. The molecule has 2 aromatic carbocycles. The lowest BCUT2D eigenvalue weighted by atomic mass is 10.1. The maximum absolute atomic E-state index is 6.00. The lowest BCUT2D eigenvalue weighted by molar-refractivity contribution is 0.764. The fourth-order valence-corrected chi connectivity index (χ4v) is 3.41. The van der Waals surface area contributed by atoms with Crippen molar-refractivity contribution in [2.45, 2.75) is 20.8 Å². The highest BCUT2D eigenvalue weighted by atomic mass is 15.4. The number of nitrogens with one attached hydrogen (secondary N) is 1. The number of nitrogens with two attached hydrogens (primary N) is 1. The van der Waals surface area contributed by atoms with Crippen LogP contribution in [0.5, 0.6) is 0 Å². The smallest absolute Gasteiger partial charge is 0.214 e. The first-order valence-corrected chi connectivity index (χ1v) is 8.56. The van der Waals surface area contributed by atoms with Crippen LogP contribution in [0.15, 0.2) is 42.5 Å². The number of para-hydroxylation sites is 2. The standard InChI is InChI=1S/C20H22N6/c1-12-9-13(2)19(14(3)10-12)23-20-22-15-7-5-6-8-16(15)26(20)18-11-17(21)25(4)24-18/h5-11H,21H2,1-4H3,(H,22,23). The number of aromatic nitrogens is 4. The van der Waals surface area contributed by atoms with E-state index in [9.17, 15) is 0 Å². The molecule has 3 N–H and O–H groups in total. The number of nitrogens with zero attached hydrogens (tertiary/aromatic N) is 4. The quantitative estimate of drug-likeness (QED) is 0.588. The average molecular weight is 346 g/mol. The van der Waals surface area contributed by atoms with Crippen molar-refractivity contribution in [3.8, 4) is 5.82 Å². The molecular formula is C20H22N6. The summed E-state index contributed by atoms with van der Waals surface area (Å²) in [5, 5.41) is 8.05. The minimum absolute atomic E-state index is 0.603. The van der Waals surface area contributed by atoms with Crippen LogP contribution >= 0.6 is 0 Å². The van der Waals surface area contributed by atoms with Gasteiger partial charge in [0.05, 0.1) is 11.0 Å². The van der Waals surface area contributed by atoms with Crippen molar-refractivity contribution in [2.24, 2.45) is 7.05 Å². The van der Waals surface area contributed by atoms with Crippen molar-refractivity contribution in [1.29, 1.82) is 0 Å². The molecule has 0 aliphatic heterocycles. The second kappa shape index (κ2) is 5.91. The third-order valence-electron chi connectivity index (χ3n) is 4.61. The summed E-state index contributed by atoms with van der Waals surface area (Å²) < 4.78 is 3.67. The van der Waals surface area contributed by atoms with Crippen LogP contribution in [0.25, 0.3) is 16.9 Å². The van der Waals surface area contributed by atoms with Gasteiger partial charge in [-0.25, -0.2) is 4.98 Å². The van der Waals surface area contributed by atoms with Gasteiger partial charge in [0, 0.05) is 18.8 Å². The molecule has 0 fully saturated rings. The van der Waals surface area contributed by atoms with Gasteiger partial charge in [0.1, 0.15) is 5.82 Å². The Hall–Kier alpha value is -3.28. The lowest BCUT2D eigenvalue weighted by Crippen LogP contribution is -2.05. The van der Waals surface area contributed by atoms with Crippen LogP contribution in [0.1, 0.15) is 16.7 Å². The summed E-state index contributed by atoms with van der Waals surface area (Å²) in [4.78, 5) is 4.79. The van der Waals surface area contributed by atoms with Gasteiger partial charge in [0.15, 0.2) is 5.82 Å². The molecule has 26 heavy (non-hydrogen) atoms. The van der Waals surface area contributed by atoms with Crippen LogP contribution in [0.3, 0.4) is 0 Å². The lowest BCUT2D eigenvalue weighted by Gasteiger charge is -2.14. The molecule has 0 atom stereocenters. The van der Waals surface area contributed by atoms with Gasteiger partial charge in [-0.15, -0.1) is 0 Å². The first kappa shape index (κ1) is 16.2. The fraction of sp³-hybridized carbons (Fsp3) is 0.200. The van der Waals surface area contributed by atoms with E-state index >= 15 is 0 Å². The summed E-state index contributed by atoms with van der Waals surface area (Å²) in [6.07, 6.45) is 0. The highest BCUT2D eigenvalue weighted by Gasteiger charge is 2.17. The first-order valence-electron chi connectivity index (χ1n) is 8.56. The topological polar surface area (TPSA) is 73.7 Å². The molecule has 0 unspecified atom stereocenters. The number of nitrogen functional groups attached to an aromatic ring is 1. The van der Waals surface area contributed by atoms with Crippen LogP contribution in [0.4, 0.5) is 17.5 Å². The van der Waals surface area contributed by atoms with Crippen molar-refractivity contribution in [3.05, 3.63) is 59.2 Å². The molecule has 0 spiro atoms. The summed E-state index contributed by atoms with van der Waals surface area (Å²) in [5.41, 5.74) is 12.6.